The molecule has 0 saturated carbocycles. The number of hydrogen-bond donors (Lipinski definition) is 3. The van der Waals surface area contributed by atoms with Gasteiger partial charge in [-0.3, -0.25) is 0 Å². The predicted octanol–water partition coefficient (Wildman–Crippen LogP) is 2.46. The third kappa shape index (κ3) is 6.31. The second kappa shape index (κ2) is 9.94. The van der Waals surface area contributed by atoms with Crippen molar-refractivity contribution in [3.05, 3.63) is 34.9 Å². The summed E-state index contributed by atoms with van der Waals surface area (Å²) in [6.07, 6.45) is 3.54. The summed E-state index contributed by atoms with van der Waals surface area (Å²) < 4.78 is 0. The summed E-state index contributed by atoms with van der Waals surface area (Å²) in [5, 5.41) is 17.4. The van der Waals surface area contributed by atoms with Gasteiger partial charge < -0.3 is 15.1 Å². The van der Waals surface area contributed by atoms with Gasteiger partial charge in [0.15, 0.2) is 0 Å². The minimum absolute atomic E-state index is 0.0277. The Kier molecular flexibility index (Phi) is 8.98. The van der Waals surface area contributed by atoms with E-state index in [4.69, 9.17) is 16.1 Å². The van der Waals surface area contributed by atoms with Crippen LogP contribution in [0.5, 0.6) is 0 Å². The van der Waals surface area contributed by atoms with E-state index in [0.29, 0.717) is 6.61 Å². The lowest BCUT2D eigenvalue weighted by molar-refractivity contribution is 0.0696. The van der Waals surface area contributed by atoms with Crippen molar-refractivity contribution in [3.8, 4) is 0 Å². The zero-order chi connectivity index (χ0) is 15.5. The molecule has 0 aliphatic heterocycles. The maximum Gasteiger partial charge on any atom is 0.335 e. The number of carbonyl (C=O) groups is 2. The van der Waals surface area contributed by atoms with Crippen molar-refractivity contribution >= 4 is 11.9 Å². The summed E-state index contributed by atoms with van der Waals surface area (Å²) in [6, 6.07) is 4.17. The van der Waals surface area contributed by atoms with Gasteiger partial charge in [0.05, 0.1) is 17.7 Å². The lowest BCUT2D eigenvalue weighted by Gasteiger charge is -2.03. The van der Waals surface area contributed by atoms with Crippen LogP contribution in [0.2, 0.25) is 0 Å². The maximum atomic E-state index is 10.6. The number of benzene rings is 1. The molecule has 0 aliphatic rings. The quantitative estimate of drug-likeness (QED) is 0.546. The zero-order valence-electron chi connectivity index (χ0n) is 11.8. The fraction of sp³-hybridized carbons (Fsp3) is 0.429. The van der Waals surface area contributed by atoms with Crippen molar-refractivity contribution in [3.63, 3.8) is 0 Å². The lowest BCUT2D eigenvalue weighted by Crippen LogP contribution is -2.06. The second-order valence-electron chi connectivity index (χ2n) is 4.17. The summed E-state index contributed by atoms with van der Waals surface area (Å²) in [5.41, 5.74) is 0.335. The second-order valence-corrected chi connectivity index (χ2v) is 4.17. The van der Waals surface area contributed by atoms with Crippen LogP contribution in [0.3, 0.4) is 0 Å². The molecule has 112 valence electrons. The van der Waals surface area contributed by atoms with Crippen molar-refractivity contribution < 1.29 is 24.6 Å². The highest BCUT2D eigenvalue weighted by Crippen LogP contribution is 2.13. The molecule has 0 spiro atoms. The van der Waals surface area contributed by atoms with Crippen molar-refractivity contribution in [2.24, 2.45) is 5.90 Å². The number of hydrogen-bond acceptors (Lipinski definition) is 4. The normalized spacial score (nSPS) is 9.55. The maximum absolute atomic E-state index is 10.6. The molecule has 0 radical (unpaired) electrons. The minimum atomic E-state index is -1.11. The van der Waals surface area contributed by atoms with Gasteiger partial charge in [0, 0.05) is 0 Å². The van der Waals surface area contributed by atoms with Gasteiger partial charge >= 0.3 is 11.9 Å². The van der Waals surface area contributed by atoms with E-state index in [1.807, 2.05) is 0 Å². The topological polar surface area (TPSA) is 110 Å². The van der Waals surface area contributed by atoms with E-state index in [1.54, 1.807) is 0 Å². The molecule has 1 rings (SSSR count). The van der Waals surface area contributed by atoms with Crippen LogP contribution in [0.1, 0.15) is 52.5 Å². The van der Waals surface area contributed by atoms with Crippen LogP contribution in [0.4, 0.5) is 0 Å². The molecule has 1 aromatic carbocycles. The lowest BCUT2D eigenvalue weighted by atomic mass is 10.0. The van der Waals surface area contributed by atoms with E-state index < -0.39 is 11.9 Å². The monoisotopic (exact) mass is 283 g/mol. The van der Waals surface area contributed by atoms with Gasteiger partial charge in [-0.2, -0.15) is 0 Å². The Bertz CT molecular complexity index is 409. The first-order valence-electron chi connectivity index (χ1n) is 6.33. The van der Waals surface area contributed by atoms with Gasteiger partial charge in [-0.05, 0) is 31.0 Å². The van der Waals surface area contributed by atoms with Gasteiger partial charge in [0.2, 0.25) is 0 Å². The molecule has 6 heteroatoms. The van der Waals surface area contributed by atoms with Crippen LogP contribution in [0.15, 0.2) is 18.2 Å². The SMILES string of the molecule is CCCCCON.Cc1c(C(=O)O)cccc1C(=O)O. The Morgan fingerprint density at radius 1 is 1.15 bits per heavy atom. The molecule has 0 aromatic heterocycles. The molecule has 0 bridgehead atoms. The van der Waals surface area contributed by atoms with Crippen molar-refractivity contribution in [2.75, 3.05) is 6.61 Å². The van der Waals surface area contributed by atoms with Crippen LogP contribution in [-0.4, -0.2) is 28.8 Å². The van der Waals surface area contributed by atoms with E-state index in [1.165, 1.54) is 38.0 Å². The summed E-state index contributed by atoms with van der Waals surface area (Å²) in [4.78, 5) is 25.6. The Hall–Kier alpha value is -1.92. The summed E-state index contributed by atoms with van der Waals surface area (Å²) >= 11 is 0. The average Bonchev–Trinajstić information content (AvgIpc) is 2.39. The zero-order valence-corrected chi connectivity index (χ0v) is 11.8. The number of carboxylic acids is 2. The minimum Gasteiger partial charge on any atom is -0.478 e. The van der Waals surface area contributed by atoms with Crippen LogP contribution in [-0.2, 0) is 4.84 Å². The highest BCUT2D eigenvalue weighted by atomic mass is 16.6. The highest BCUT2D eigenvalue weighted by Gasteiger charge is 2.13. The molecule has 0 atom stereocenters. The van der Waals surface area contributed by atoms with Crippen LogP contribution >= 0.6 is 0 Å². The van der Waals surface area contributed by atoms with Crippen molar-refractivity contribution in [1.29, 1.82) is 0 Å². The van der Waals surface area contributed by atoms with Gasteiger partial charge in [0.1, 0.15) is 0 Å². The first-order chi connectivity index (χ1) is 9.45. The largest absolute Gasteiger partial charge is 0.478 e. The molecule has 0 unspecified atom stereocenters. The molecule has 0 aliphatic carbocycles. The number of carboxylic acid groups (broad SMARTS) is 2. The molecule has 0 amide bonds. The van der Waals surface area contributed by atoms with E-state index in [0.717, 1.165) is 6.42 Å². The van der Waals surface area contributed by atoms with Gasteiger partial charge in [-0.1, -0.05) is 25.8 Å². The summed E-state index contributed by atoms with van der Waals surface area (Å²) in [6.45, 7) is 4.33. The predicted molar refractivity (Wildman–Crippen MR) is 74.8 cm³/mol. The van der Waals surface area contributed by atoms with Crippen LogP contribution in [0.25, 0.3) is 0 Å². The molecule has 0 heterocycles. The molecule has 0 fully saturated rings. The highest BCUT2D eigenvalue weighted by molar-refractivity contribution is 5.96. The Morgan fingerprint density at radius 3 is 2.00 bits per heavy atom. The smallest absolute Gasteiger partial charge is 0.335 e. The summed E-state index contributed by atoms with van der Waals surface area (Å²) in [7, 11) is 0. The van der Waals surface area contributed by atoms with Crippen LogP contribution < -0.4 is 5.90 Å². The van der Waals surface area contributed by atoms with E-state index in [-0.39, 0.29) is 16.7 Å². The van der Waals surface area contributed by atoms with Gasteiger partial charge in [-0.15, -0.1) is 0 Å². The van der Waals surface area contributed by atoms with E-state index in [2.05, 4.69) is 11.8 Å². The number of nitrogens with two attached hydrogens (primary N) is 1. The van der Waals surface area contributed by atoms with Crippen molar-refractivity contribution in [1.82, 2.24) is 0 Å². The summed E-state index contributed by atoms with van der Waals surface area (Å²) in [5.74, 6) is 2.55. The van der Waals surface area contributed by atoms with E-state index in [9.17, 15) is 9.59 Å². The fourth-order valence-corrected chi connectivity index (χ4v) is 1.53. The fourth-order valence-electron chi connectivity index (χ4n) is 1.53. The van der Waals surface area contributed by atoms with Gasteiger partial charge in [-0.25, -0.2) is 15.5 Å². The Balaban J connectivity index is 0.000000441. The molecule has 20 heavy (non-hydrogen) atoms. The molecular formula is C14H21NO5. The molecule has 6 nitrogen and oxygen atoms in total. The molecule has 0 saturated heterocycles. The number of unbranched alkanes of at least 4 members (excludes halogenated alkanes) is 2. The third-order valence-electron chi connectivity index (χ3n) is 2.66. The number of aromatic carboxylic acids is 2. The third-order valence-corrected chi connectivity index (χ3v) is 2.66. The molecule has 1 aromatic rings. The Morgan fingerprint density at radius 2 is 1.65 bits per heavy atom. The standard InChI is InChI=1S/C9H8O4.C5H13NO/c1-5-6(8(10)11)3-2-4-7(5)9(12)13;1-2-3-4-5-7-6/h2-4H,1H3,(H,10,11)(H,12,13);2-6H2,1H3. The first kappa shape index (κ1) is 18.1. The van der Waals surface area contributed by atoms with Gasteiger partial charge in [0.25, 0.3) is 0 Å². The number of rotatable bonds is 6. The molecule has 4 N–H and O–H groups in total. The Labute approximate surface area is 118 Å². The average molecular weight is 283 g/mol. The van der Waals surface area contributed by atoms with E-state index >= 15 is 0 Å². The molecular weight excluding hydrogens is 262 g/mol. The first-order valence-corrected chi connectivity index (χ1v) is 6.33. The van der Waals surface area contributed by atoms with Crippen molar-refractivity contribution in [2.45, 2.75) is 33.1 Å². The van der Waals surface area contributed by atoms with Crippen LogP contribution in [0, 0.1) is 6.92 Å².